The van der Waals surface area contributed by atoms with Crippen molar-refractivity contribution < 1.29 is 18.3 Å². The van der Waals surface area contributed by atoms with Crippen molar-refractivity contribution in [3.05, 3.63) is 35.4 Å². The summed E-state index contributed by atoms with van der Waals surface area (Å²) in [6, 6.07) is 3.43. The SMILES string of the molecule is COc1nn(C)c2c(F)cc(Nc3nc(NC(C4CC4)[C@H](C)N)c(F)cc3C(N)=O)cc12. The molecule has 6 N–H and O–H groups in total. The summed E-state index contributed by atoms with van der Waals surface area (Å²) < 4.78 is 36.1. The third-order valence-electron chi connectivity index (χ3n) is 5.56. The molecular weight excluding hydrogens is 420 g/mol. The summed E-state index contributed by atoms with van der Waals surface area (Å²) >= 11 is 0. The van der Waals surface area contributed by atoms with Crippen molar-refractivity contribution in [1.82, 2.24) is 14.8 Å². The second-order valence-electron chi connectivity index (χ2n) is 8.06. The number of primary amides is 1. The molecule has 2 atom stereocenters. The lowest BCUT2D eigenvalue weighted by Gasteiger charge is -2.23. The van der Waals surface area contributed by atoms with Gasteiger partial charge in [0.05, 0.1) is 18.1 Å². The summed E-state index contributed by atoms with van der Waals surface area (Å²) in [5.41, 5.74) is 11.8. The molecule has 1 aliphatic carbocycles. The van der Waals surface area contributed by atoms with E-state index in [2.05, 4.69) is 20.7 Å². The predicted octanol–water partition coefficient (Wildman–Crippen LogP) is 2.64. The second kappa shape index (κ2) is 8.23. The number of rotatable bonds is 8. The number of pyridine rings is 1. The highest BCUT2D eigenvalue weighted by Crippen LogP contribution is 2.36. The minimum absolute atomic E-state index is 0.0118. The molecule has 1 saturated carbocycles. The van der Waals surface area contributed by atoms with Crippen LogP contribution in [0.4, 0.5) is 26.1 Å². The number of halogens is 2. The summed E-state index contributed by atoms with van der Waals surface area (Å²) in [4.78, 5) is 16.2. The molecule has 1 fully saturated rings. The number of ether oxygens (including phenoxy) is 1. The number of hydrogen-bond donors (Lipinski definition) is 4. The van der Waals surface area contributed by atoms with E-state index in [1.54, 1.807) is 13.1 Å². The lowest BCUT2D eigenvalue weighted by Crippen LogP contribution is -2.40. The number of methoxy groups -OCH3 is 1. The van der Waals surface area contributed by atoms with Crippen LogP contribution in [0.3, 0.4) is 0 Å². The van der Waals surface area contributed by atoms with Crippen molar-refractivity contribution in [2.75, 3.05) is 17.7 Å². The molecule has 3 aromatic rings. The number of nitrogens with one attached hydrogen (secondary N) is 2. The van der Waals surface area contributed by atoms with Gasteiger partial charge in [-0.25, -0.2) is 13.8 Å². The molecule has 0 spiro atoms. The zero-order valence-electron chi connectivity index (χ0n) is 17.9. The highest BCUT2D eigenvalue weighted by atomic mass is 19.1. The molecule has 170 valence electrons. The fourth-order valence-corrected chi connectivity index (χ4v) is 3.86. The van der Waals surface area contributed by atoms with Gasteiger partial charge in [-0.05, 0) is 43.9 Å². The van der Waals surface area contributed by atoms with E-state index in [1.807, 2.05) is 6.92 Å². The quantitative estimate of drug-likeness (QED) is 0.419. The zero-order chi connectivity index (χ0) is 23.2. The number of amides is 1. The fourth-order valence-electron chi connectivity index (χ4n) is 3.86. The average molecular weight is 445 g/mol. The Morgan fingerprint density at radius 1 is 1.25 bits per heavy atom. The van der Waals surface area contributed by atoms with Crippen LogP contribution in [-0.4, -0.2) is 39.9 Å². The van der Waals surface area contributed by atoms with Crippen LogP contribution in [0.25, 0.3) is 10.9 Å². The third-order valence-corrected chi connectivity index (χ3v) is 5.56. The van der Waals surface area contributed by atoms with Gasteiger partial charge in [0.1, 0.15) is 11.3 Å². The van der Waals surface area contributed by atoms with Crippen LogP contribution in [0.2, 0.25) is 0 Å². The van der Waals surface area contributed by atoms with Crippen LogP contribution in [0.5, 0.6) is 5.88 Å². The number of hydrogen-bond acceptors (Lipinski definition) is 7. The normalized spacial score (nSPS) is 15.4. The lowest BCUT2D eigenvalue weighted by atomic mass is 10.1. The van der Waals surface area contributed by atoms with Crippen LogP contribution < -0.4 is 26.8 Å². The number of aromatic nitrogens is 3. The number of fused-ring (bicyclic) bond motifs is 1. The predicted molar refractivity (Wildman–Crippen MR) is 117 cm³/mol. The van der Waals surface area contributed by atoms with Crippen molar-refractivity contribution in [3.8, 4) is 5.88 Å². The highest BCUT2D eigenvalue weighted by molar-refractivity contribution is 5.99. The van der Waals surface area contributed by atoms with Crippen molar-refractivity contribution >= 4 is 34.1 Å². The Morgan fingerprint density at radius 3 is 2.56 bits per heavy atom. The zero-order valence-corrected chi connectivity index (χ0v) is 17.9. The van der Waals surface area contributed by atoms with Crippen LogP contribution in [0.15, 0.2) is 18.2 Å². The van der Waals surface area contributed by atoms with Gasteiger partial charge in [0.25, 0.3) is 5.91 Å². The van der Waals surface area contributed by atoms with E-state index in [0.717, 1.165) is 18.9 Å². The van der Waals surface area contributed by atoms with Gasteiger partial charge >= 0.3 is 0 Å². The molecule has 1 unspecified atom stereocenters. The first kappa shape index (κ1) is 21.8. The number of anilines is 3. The third kappa shape index (κ3) is 4.03. The van der Waals surface area contributed by atoms with Gasteiger partial charge < -0.3 is 26.8 Å². The van der Waals surface area contributed by atoms with E-state index < -0.39 is 17.5 Å². The number of nitrogens with two attached hydrogens (primary N) is 2. The summed E-state index contributed by atoms with van der Waals surface area (Å²) in [5, 5.41) is 10.5. The maximum absolute atomic E-state index is 14.8. The summed E-state index contributed by atoms with van der Waals surface area (Å²) in [7, 11) is 3.03. The molecule has 0 radical (unpaired) electrons. The molecule has 2 aromatic heterocycles. The fraction of sp³-hybridized carbons (Fsp3) is 0.381. The monoisotopic (exact) mass is 445 g/mol. The van der Waals surface area contributed by atoms with Gasteiger partial charge in [-0.1, -0.05) is 0 Å². The first-order valence-electron chi connectivity index (χ1n) is 10.2. The Balaban J connectivity index is 1.74. The van der Waals surface area contributed by atoms with Gasteiger partial charge in [-0.2, -0.15) is 0 Å². The van der Waals surface area contributed by atoms with Crippen LogP contribution in [-0.2, 0) is 7.05 Å². The van der Waals surface area contributed by atoms with Crippen LogP contribution in [0, 0.1) is 17.6 Å². The van der Waals surface area contributed by atoms with Gasteiger partial charge in [0.2, 0.25) is 5.88 Å². The molecule has 9 nitrogen and oxygen atoms in total. The topological polar surface area (TPSA) is 133 Å². The summed E-state index contributed by atoms with van der Waals surface area (Å²) in [5.74, 6) is -1.68. The molecule has 4 rings (SSSR count). The molecular formula is C21H25F2N7O2. The number of benzene rings is 1. The first-order valence-corrected chi connectivity index (χ1v) is 10.2. The molecule has 2 heterocycles. The number of aryl methyl sites for hydroxylation is 1. The molecule has 1 amide bonds. The van der Waals surface area contributed by atoms with E-state index >= 15 is 0 Å². The minimum atomic E-state index is -0.878. The minimum Gasteiger partial charge on any atom is -0.479 e. The smallest absolute Gasteiger partial charge is 0.252 e. The Hall–Kier alpha value is -3.47. The maximum Gasteiger partial charge on any atom is 0.252 e. The molecule has 0 bridgehead atoms. The summed E-state index contributed by atoms with van der Waals surface area (Å²) in [6.45, 7) is 1.84. The number of carbonyl (C=O) groups is 1. The standard InChI is InChI=1S/C21H25F2N7O2/c1-9(24)16(10-4-5-10)27-20-15(23)8-13(18(25)31)19(28-20)26-11-6-12-17(14(22)7-11)30(2)29-21(12)32-3/h6-10,16H,4-5,24H2,1-3H3,(H2,25,31)(H2,26,27,28)/t9-,16?/m0/s1. The second-order valence-corrected chi connectivity index (χ2v) is 8.06. The largest absolute Gasteiger partial charge is 0.479 e. The van der Waals surface area contributed by atoms with E-state index in [4.69, 9.17) is 16.2 Å². The Bertz CT molecular complexity index is 1190. The molecule has 0 saturated heterocycles. The van der Waals surface area contributed by atoms with Crippen LogP contribution >= 0.6 is 0 Å². The Kier molecular flexibility index (Phi) is 5.59. The van der Waals surface area contributed by atoms with Crippen molar-refractivity contribution in [2.45, 2.75) is 31.8 Å². The van der Waals surface area contributed by atoms with Gasteiger partial charge in [0.15, 0.2) is 17.5 Å². The Morgan fingerprint density at radius 2 is 1.97 bits per heavy atom. The highest BCUT2D eigenvalue weighted by Gasteiger charge is 2.34. The molecule has 1 aromatic carbocycles. The molecule has 11 heteroatoms. The van der Waals surface area contributed by atoms with Gasteiger partial charge in [0, 0.05) is 24.8 Å². The van der Waals surface area contributed by atoms with Crippen molar-refractivity contribution in [3.63, 3.8) is 0 Å². The molecule has 32 heavy (non-hydrogen) atoms. The van der Waals surface area contributed by atoms with Crippen LogP contribution in [0.1, 0.15) is 30.1 Å². The van der Waals surface area contributed by atoms with Crippen molar-refractivity contribution in [1.29, 1.82) is 0 Å². The van der Waals surface area contributed by atoms with E-state index in [0.29, 0.717) is 11.3 Å². The maximum atomic E-state index is 14.8. The molecule has 1 aliphatic rings. The first-order chi connectivity index (χ1) is 15.2. The lowest BCUT2D eigenvalue weighted by molar-refractivity contribution is 0.100. The number of nitrogens with zero attached hydrogens (tertiary/aromatic N) is 3. The van der Waals surface area contributed by atoms with Crippen molar-refractivity contribution in [2.24, 2.45) is 24.4 Å². The summed E-state index contributed by atoms with van der Waals surface area (Å²) in [6.07, 6.45) is 2.00. The van der Waals surface area contributed by atoms with E-state index in [1.165, 1.54) is 17.9 Å². The number of carbonyl (C=O) groups excluding carboxylic acids is 1. The van der Waals surface area contributed by atoms with Gasteiger partial charge in [-0.3, -0.25) is 9.48 Å². The van der Waals surface area contributed by atoms with E-state index in [9.17, 15) is 13.6 Å². The molecule has 0 aliphatic heterocycles. The average Bonchev–Trinajstić information content (AvgIpc) is 3.50. The van der Waals surface area contributed by atoms with Gasteiger partial charge in [-0.15, -0.1) is 5.10 Å². The van der Waals surface area contributed by atoms with E-state index in [-0.39, 0.29) is 46.4 Å². The Labute approximate surface area is 183 Å².